The Bertz CT molecular complexity index is 605. The Labute approximate surface area is 143 Å². The summed E-state index contributed by atoms with van der Waals surface area (Å²) in [5.74, 6) is -0.799. The summed E-state index contributed by atoms with van der Waals surface area (Å²) in [5, 5.41) is 8.65. The summed E-state index contributed by atoms with van der Waals surface area (Å²) in [6.07, 6.45) is 0.0784. The quantitative estimate of drug-likeness (QED) is 0.936. The Morgan fingerprint density at radius 1 is 1.00 bits per heavy atom. The number of likely N-dealkylation sites (N-methyl/N-ethyl adjacent to an activating group) is 1. The van der Waals surface area contributed by atoms with Crippen molar-refractivity contribution < 1.29 is 14.6 Å². The van der Waals surface area contributed by atoms with Crippen LogP contribution in [0.4, 0.5) is 0 Å². The topological polar surface area (TPSA) is 49.8 Å². The first-order valence-corrected chi connectivity index (χ1v) is 8.35. The van der Waals surface area contributed by atoms with Crippen LogP contribution in [0.2, 0.25) is 0 Å². The third kappa shape index (κ3) is 6.14. The van der Waals surface area contributed by atoms with E-state index in [1.807, 2.05) is 54.6 Å². The van der Waals surface area contributed by atoms with Crippen molar-refractivity contribution in [2.75, 3.05) is 32.8 Å². The van der Waals surface area contributed by atoms with Gasteiger partial charge in [-0.1, -0.05) is 61.5 Å². The zero-order valence-corrected chi connectivity index (χ0v) is 14.1. The minimum Gasteiger partial charge on any atom is -0.481 e. The number of rotatable bonds is 4. The minimum atomic E-state index is -0.799. The van der Waals surface area contributed by atoms with Gasteiger partial charge in [0.15, 0.2) is 0 Å². The molecule has 0 aromatic heterocycles. The van der Waals surface area contributed by atoms with Crippen molar-refractivity contribution in [3.8, 4) is 11.1 Å². The molecule has 1 heterocycles. The van der Waals surface area contributed by atoms with Crippen LogP contribution >= 0.6 is 0 Å². The molecule has 0 unspecified atom stereocenters. The standard InChI is InChI=1S/C14H12O2.C6H13NO/c15-14(16)10-11-6-8-13(9-7-11)12-4-2-1-3-5-12;1-2-7-3-5-8-6-4-7/h1-9H,10H2,(H,15,16);2-6H2,1H3. The second-order valence-electron chi connectivity index (χ2n) is 5.68. The van der Waals surface area contributed by atoms with Gasteiger partial charge < -0.3 is 9.84 Å². The number of carbonyl (C=O) groups is 1. The van der Waals surface area contributed by atoms with Gasteiger partial charge in [0.2, 0.25) is 0 Å². The van der Waals surface area contributed by atoms with Crippen LogP contribution < -0.4 is 0 Å². The first kappa shape index (κ1) is 18.2. The van der Waals surface area contributed by atoms with Crippen LogP contribution in [0, 0.1) is 0 Å². The van der Waals surface area contributed by atoms with Crippen LogP contribution in [0.1, 0.15) is 12.5 Å². The van der Waals surface area contributed by atoms with Crippen LogP contribution in [0.3, 0.4) is 0 Å². The Hall–Kier alpha value is -2.17. The molecular formula is C20H25NO3. The molecule has 1 saturated heterocycles. The highest BCUT2D eigenvalue weighted by molar-refractivity contribution is 5.71. The number of carboxylic acids is 1. The van der Waals surface area contributed by atoms with E-state index >= 15 is 0 Å². The summed E-state index contributed by atoms with van der Waals surface area (Å²) >= 11 is 0. The molecule has 128 valence electrons. The molecular weight excluding hydrogens is 302 g/mol. The van der Waals surface area contributed by atoms with E-state index in [9.17, 15) is 4.79 Å². The van der Waals surface area contributed by atoms with Crippen LogP contribution in [0.15, 0.2) is 54.6 Å². The van der Waals surface area contributed by atoms with Crippen molar-refractivity contribution in [3.05, 3.63) is 60.2 Å². The van der Waals surface area contributed by atoms with Gasteiger partial charge in [-0.2, -0.15) is 0 Å². The normalized spacial score (nSPS) is 14.5. The smallest absolute Gasteiger partial charge is 0.307 e. The second-order valence-corrected chi connectivity index (χ2v) is 5.68. The molecule has 0 bridgehead atoms. The molecule has 0 radical (unpaired) electrons. The molecule has 0 aliphatic carbocycles. The van der Waals surface area contributed by atoms with Gasteiger partial charge in [0.25, 0.3) is 0 Å². The Kier molecular flexibility index (Phi) is 7.46. The summed E-state index contributed by atoms with van der Waals surface area (Å²) in [7, 11) is 0. The lowest BCUT2D eigenvalue weighted by atomic mass is 10.0. The van der Waals surface area contributed by atoms with Crippen molar-refractivity contribution in [3.63, 3.8) is 0 Å². The third-order valence-electron chi connectivity index (χ3n) is 3.97. The highest BCUT2D eigenvalue weighted by Gasteiger charge is 2.05. The lowest BCUT2D eigenvalue weighted by Gasteiger charge is -2.24. The molecule has 4 nitrogen and oxygen atoms in total. The third-order valence-corrected chi connectivity index (χ3v) is 3.97. The molecule has 0 saturated carbocycles. The maximum absolute atomic E-state index is 10.5. The molecule has 1 aliphatic heterocycles. The van der Waals surface area contributed by atoms with Crippen molar-refractivity contribution in [2.24, 2.45) is 0 Å². The van der Waals surface area contributed by atoms with Crippen LogP contribution in [0.25, 0.3) is 11.1 Å². The van der Waals surface area contributed by atoms with Gasteiger partial charge in [-0.15, -0.1) is 0 Å². The van der Waals surface area contributed by atoms with Gasteiger partial charge in [0.1, 0.15) is 0 Å². The molecule has 3 rings (SSSR count). The van der Waals surface area contributed by atoms with E-state index in [1.165, 1.54) is 6.54 Å². The maximum atomic E-state index is 10.5. The Morgan fingerprint density at radius 2 is 1.58 bits per heavy atom. The molecule has 1 aliphatic rings. The first-order chi connectivity index (χ1) is 11.7. The molecule has 24 heavy (non-hydrogen) atoms. The summed E-state index contributed by atoms with van der Waals surface area (Å²) in [6, 6.07) is 17.6. The van der Waals surface area contributed by atoms with Crippen LogP contribution in [-0.4, -0.2) is 48.8 Å². The molecule has 0 spiro atoms. The number of nitrogens with zero attached hydrogens (tertiary/aromatic N) is 1. The largest absolute Gasteiger partial charge is 0.481 e. The highest BCUT2D eigenvalue weighted by Crippen LogP contribution is 2.19. The average molecular weight is 327 g/mol. The van der Waals surface area contributed by atoms with Gasteiger partial charge in [0, 0.05) is 13.1 Å². The van der Waals surface area contributed by atoms with Crippen molar-refractivity contribution in [1.29, 1.82) is 0 Å². The molecule has 1 fully saturated rings. The fourth-order valence-corrected chi connectivity index (χ4v) is 2.54. The fraction of sp³-hybridized carbons (Fsp3) is 0.350. The van der Waals surface area contributed by atoms with Gasteiger partial charge >= 0.3 is 5.97 Å². The van der Waals surface area contributed by atoms with Gasteiger partial charge in [-0.3, -0.25) is 9.69 Å². The molecule has 0 amide bonds. The number of ether oxygens (including phenoxy) is 1. The summed E-state index contributed by atoms with van der Waals surface area (Å²) in [4.78, 5) is 12.9. The number of hydrogen-bond donors (Lipinski definition) is 1. The average Bonchev–Trinajstić information content (AvgIpc) is 2.64. The highest BCUT2D eigenvalue weighted by atomic mass is 16.5. The summed E-state index contributed by atoms with van der Waals surface area (Å²) in [6.45, 7) is 7.45. The molecule has 0 atom stereocenters. The van der Waals surface area contributed by atoms with E-state index in [0.29, 0.717) is 0 Å². The van der Waals surface area contributed by atoms with Crippen molar-refractivity contribution in [1.82, 2.24) is 4.90 Å². The summed E-state index contributed by atoms with van der Waals surface area (Å²) in [5.41, 5.74) is 3.08. The van der Waals surface area contributed by atoms with Crippen LogP contribution in [0.5, 0.6) is 0 Å². The number of carboxylic acid groups (broad SMARTS) is 1. The Balaban J connectivity index is 0.000000219. The maximum Gasteiger partial charge on any atom is 0.307 e. The fourth-order valence-electron chi connectivity index (χ4n) is 2.54. The van der Waals surface area contributed by atoms with Crippen molar-refractivity contribution in [2.45, 2.75) is 13.3 Å². The number of hydrogen-bond acceptors (Lipinski definition) is 3. The van der Waals surface area contributed by atoms with E-state index in [2.05, 4.69) is 11.8 Å². The first-order valence-electron chi connectivity index (χ1n) is 8.35. The van der Waals surface area contributed by atoms with E-state index in [4.69, 9.17) is 9.84 Å². The predicted octanol–water partition coefficient (Wildman–Crippen LogP) is 3.32. The zero-order valence-electron chi connectivity index (χ0n) is 14.1. The molecule has 1 N–H and O–H groups in total. The monoisotopic (exact) mass is 327 g/mol. The lowest BCUT2D eigenvalue weighted by molar-refractivity contribution is -0.136. The molecule has 2 aromatic rings. The minimum absolute atomic E-state index is 0.0784. The SMILES string of the molecule is CCN1CCOCC1.O=C(O)Cc1ccc(-c2ccccc2)cc1. The zero-order chi connectivity index (χ0) is 17.2. The molecule has 2 aromatic carbocycles. The van der Waals surface area contributed by atoms with Crippen LogP contribution in [-0.2, 0) is 16.0 Å². The van der Waals surface area contributed by atoms with Gasteiger partial charge in [-0.25, -0.2) is 0 Å². The predicted molar refractivity (Wildman–Crippen MR) is 96.2 cm³/mol. The van der Waals surface area contributed by atoms with E-state index in [0.717, 1.165) is 43.0 Å². The molecule has 4 heteroatoms. The summed E-state index contributed by atoms with van der Waals surface area (Å²) < 4.78 is 5.16. The van der Waals surface area contributed by atoms with E-state index < -0.39 is 5.97 Å². The van der Waals surface area contributed by atoms with E-state index in [-0.39, 0.29) is 6.42 Å². The van der Waals surface area contributed by atoms with E-state index in [1.54, 1.807) is 0 Å². The van der Waals surface area contributed by atoms with Crippen molar-refractivity contribution >= 4 is 5.97 Å². The number of morpholine rings is 1. The second kappa shape index (κ2) is 9.85. The van der Waals surface area contributed by atoms with Gasteiger partial charge in [-0.05, 0) is 23.2 Å². The number of aliphatic carboxylic acids is 1. The number of benzene rings is 2. The Morgan fingerprint density at radius 3 is 2.08 bits per heavy atom. The van der Waals surface area contributed by atoms with Gasteiger partial charge in [0.05, 0.1) is 19.6 Å². The lowest BCUT2D eigenvalue weighted by Crippen LogP contribution is -2.35.